The lowest BCUT2D eigenvalue weighted by atomic mass is 9.78. The molecule has 1 amide bonds. The molecule has 3 fully saturated rings. The molecule has 2 unspecified atom stereocenters. The molecule has 1 N–H and O–H groups in total. The Balaban J connectivity index is 0.000000821. The zero-order chi connectivity index (χ0) is 23.0. The summed E-state index contributed by atoms with van der Waals surface area (Å²) in [6, 6.07) is 2.54. The molecule has 1 saturated carbocycles. The lowest BCUT2D eigenvalue weighted by molar-refractivity contribution is -0.122. The second-order valence-corrected chi connectivity index (χ2v) is 9.92. The van der Waals surface area contributed by atoms with Crippen molar-refractivity contribution in [1.29, 1.82) is 0 Å². The fourth-order valence-corrected chi connectivity index (χ4v) is 6.18. The molecule has 0 aromatic carbocycles. The van der Waals surface area contributed by atoms with Gasteiger partial charge in [0.05, 0.1) is 31.5 Å². The number of morpholine rings is 1. The molecular formula is C24H34N4O4S. The summed E-state index contributed by atoms with van der Waals surface area (Å²) in [7, 11) is 0. The van der Waals surface area contributed by atoms with Gasteiger partial charge in [-0.1, -0.05) is 12.8 Å². The number of carboxylic acid groups (broad SMARTS) is 1. The van der Waals surface area contributed by atoms with Gasteiger partial charge in [0, 0.05) is 54.2 Å². The largest absolute Gasteiger partial charge is 0.483 e. The van der Waals surface area contributed by atoms with Crippen molar-refractivity contribution in [2.45, 2.75) is 51.1 Å². The van der Waals surface area contributed by atoms with Crippen molar-refractivity contribution >= 4 is 23.7 Å². The smallest absolute Gasteiger partial charge is 0.290 e. The van der Waals surface area contributed by atoms with Crippen LogP contribution >= 0.6 is 11.3 Å². The normalized spacial score (nSPS) is 23.3. The lowest BCUT2D eigenvalue weighted by Crippen LogP contribution is -2.49. The molecule has 2 saturated heterocycles. The number of ether oxygens (including phenoxy) is 1. The van der Waals surface area contributed by atoms with Crippen LogP contribution in [-0.2, 0) is 16.1 Å². The van der Waals surface area contributed by atoms with E-state index in [-0.39, 0.29) is 12.4 Å². The Bertz CT molecular complexity index is 906. The van der Waals surface area contributed by atoms with Crippen LogP contribution in [-0.4, -0.2) is 82.5 Å². The fraction of sp³-hybridized carbons (Fsp3) is 0.625. The molecule has 2 aromatic heterocycles. The number of aromatic nitrogens is 2. The summed E-state index contributed by atoms with van der Waals surface area (Å²) < 4.78 is 7.43. The highest BCUT2D eigenvalue weighted by Gasteiger charge is 2.36. The van der Waals surface area contributed by atoms with Gasteiger partial charge in [0.2, 0.25) is 0 Å². The van der Waals surface area contributed by atoms with Gasteiger partial charge in [0.25, 0.3) is 12.4 Å². The lowest BCUT2D eigenvalue weighted by Gasteiger charge is -2.44. The topological polar surface area (TPSA) is 87.9 Å². The fourth-order valence-electron chi connectivity index (χ4n) is 5.32. The summed E-state index contributed by atoms with van der Waals surface area (Å²) in [4.78, 5) is 27.4. The van der Waals surface area contributed by atoms with Crippen LogP contribution in [0.5, 0.6) is 0 Å². The van der Waals surface area contributed by atoms with Gasteiger partial charge in [0.1, 0.15) is 0 Å². The molecule has 0 spiro atoms. The second kappa shape index (κ2) is 11.8. The molecule has 33 heavy (non-hydrogen) atoms. The van der Waals surface area contributed by atoms with E-state index in [1.54, 1.807) is 11.3 Å². The number of thiophene rings is 1. The average molecular weight is 475 g/mol. The zero-order valence-electron chi connectivity index (χ0n) is 19.1. The van der Waals surface area contributed by atoms with E-state index < -0.39 is 0 Å². The zero-order valence-corrected chi connectivity index (χ0v) is 19.9. The molecule has 3 aliphatic rings. The predicted octanol–water partition coefficient (Wildman–Crippen LogP) is 3.44. The summed E-state index contributed by atoms with van der Waals surface area (Å²) in [5, 5.41) is 13.5. The summed E-state index contributed by atoms with van der Waals surface area (Å²) >= 11 is 1.66. The van der Waals surface area contributed by atoms with Gasteiger partial charge in [-0.15, -0.1) is 11.3 Å². The quantitative estimate of drug-likeness (QED) is 0.668. The van der Waals surface area contributed by atoms with E-state index in [1.165, 1.54) is 32.1 Å². The SMILES string of the molecule is O=C(c1csc(-c2cnn(CCN3CCOCC3)c2)c1)N1CCCC2CCCCC21.O=CO. The summed E-state index contributed by atoms with van der Waals surface area (Å²) in [6.07, 6.45) is 11.6. The number of amides is 1. The van der Waals surface area contributed by atoms with Gasteiger partial charge < -0.3 is 14.7 Å². The monoisotopic (exact) mass is 474 g/mol. The van der Waals surface area contributed by atoms with Gasteiger partial charge in [0.15, 0.2) is 0 Å². The molecule has 2 atom stereocenters. The van der Waals surface area contributed by atoms with E-state index in [9.17, 15) is 4.79 Å². The Kier molecular flexibility index (Phi) is 8.52. The molecule has 2 aliphatic heterocycles. The van der Waals surface area contributed by atoms with Gasteiger partial charge >= 0.3 is 0 Å². The summed E-state index contributed by atoms with van der Waals surface area (Å²) in [5.74, 6) is 0.952. The van der Waals surface area contributed by atoms with E-state index in [0.29, 0.717) is 6.04 Å². The minimum absolute atomic E-state index is 0.230. The van der Waals surface area contributed by atoms with Crippen LogP contribution in [0, 0.1) is 5.92 Å². The summed E-state index contributed by atoms with van der Waals surface area (Å²) in [5.41, 5.74) is 1.96. The Morgan fingerprint density at radius 2 is 1.91 bits per heavy atom. The van der Waals surface area contributed by atoms with Crippen molar-refractivity contribution in [2.75, 3.05) is 39.4 Å². The first kappa shape index (κ1) is 23.9. The van der Waals surface area contributed by atoms with Crippen LogP contribution in [0.25, 0.3) is 10.4 Å². The number of nitrogens with zero attached hydrogens (tertiary/aromatic N) is 4. The molecule has 5 rings (SSSR count). The average Bonchev–Trinajstić information content (AvgIpc) is 3.53. The van der Waals surface area contributed by atoms with Crippen LogP contribution in [0.1, 0.15) is 48.9 Å². The number of carbonyl (C=O) groups excluding carboxylic acids is 1. The van der Waals surface area contributed by atoms with Crippen molar-refractivity contribution in [3.63, 3.8) is 0 Å². The molecule has 180 valence electrons. The van der Waals surface area contributed by atoms with E-state index in [1.807, 2.05) is 16.3 Å². The standard InChI is InChI=1S/C23H32N4O2S.CH2O2/c28-23(27-7-3-5-18-4-1-2-6-21(18)27)19-14-22(30-17-19)20-15-24-26(16-20)9-8-25-10-12-29-13-11-25;2-1-3/h14-18,21H,1-13H2;1H,(H,2,3). The first-order valence-electron chi connectivity index (χ1n) is 12.0. The molecule has 9 heteroatoms. The number of hydrogen-bond donors (Lipinski definition) is 1. The molecule has 1 aliphatic carbocycles. The van der Waals surface area contributed by atoms with E-state index >= 15 is 0 Å². The molecule has 4 heterocycles. The maximum Gasteiger partial charge on any atom is 0.290 e. The Labute approximate surface area is 199 Å². The number of rotatable bonds is 5. The van der Waals surface area contributed by atoms with E-state index in [0.717, 1.165) is 74.3 Å². The van der Waals surface area contributed by atoms with Crippen LogP contribution in [0.2, 0.25) is 0 Å². The minimum atomic E-state index is -0.250. The predicted molar refractivity (Wildman–Crippen MR) is 128 cm³/mol. The van der Waals surface area contributed by atoms with Gasteiger partial charge in [-0.2, -0.15) is 5.10 Å². The molecule has 2 aromatic rings. The van der Waals surface area contributed by atoms with Gasteiger partial charge in [-0.25, -0.2) is 0 Å². The third-order valence-electron chi connectivity index (χ3n) is 7.02. The number of carbonyl (C=O) groups is 2. The maximum atomic E-state index is 13.3. The Hall–Kier alpha value is -2.23. The van der Waals surface area contributed by atoms with Crippen molar-refractivity contribution < 1.29 is 19.4 Å². The Morgan fingerprint density at radius 1 is 1.15 bits per heavy atom. The third-order valence-corrected chi connectivity index (χ3v) is 8.00. The van der Waals surface area contributed by atoms with Gasteiger partial charge in [-0.3, -0.25) is 19.2 Å². The van der Waals surface area contributed by atoms with Crippen molar-refractivity contribution in [2.24, 2.45) is 5.92 Å². The third kappa shape index (κ3) is 6.02. The first-order valence-corrected chi connectivity index (χ1v) is 12.9. The van der Waals surface area contributed by atoms with E-state index in [2.05, 4.69) is 27.2 Å². The minimum Gasteiger partial charge on any atom is -0.483 e. The second-order valence-electron chi connectivity index (χ2n) is 9.00. The molecular weight excluding hydrogens is 440 g/mol. The molecule has 8 nitrogen and oxygen atoms in total. The number of fused-ring (bicyclic) bond motifs is 1. The van der Waals surface area contributed by atoms with Crippen LogP contribution in [0.3, 0.4) is 0 Å². The van der Waals surface area contributed by atoms with Crippen LogP contribution in [0.15, 0.2) is 23.8 Å². The number of piperidine rings is 1. The highest BCUT2D eigenvalue weighted by atomic mass is 32.1. The van der Waals surface area contributed by atoms with Crippen molar-refractivity contribution in [1.82, 2.24) is 19.6 Å². The number of hydrogen-bond acceptors (Lipinski definition) is 6. The van der Waals surface area contributed by atoms with E-state index in [4.69, 9.17) is 14.6 Å². The van der Waals surface area contributed by atoms with Crippen molar-refractivity contribution in [3.8, 4) is 10.4 Å². The first-order chi connectivity index (χ1) is 16.2. The van der Waals surface area contributed by atoms with Gasteiger partial charge in [-0.05, 0) is 37.7 Å². The highest BCUT2D eigenvalue weighted by molar-refractivity contribution is 7.13. The molecule has 0 radical (unpaired) electrons. The van der Waals surface area contributed by atoms with Crippen LogP contribution < -0.4 is 0 Å². The number of likely N-dealkylation sites (tertiary alicyclic amines) is 1. The molecule has 0 bridgehead atoms. The Morgan fingerprint density at radius 3 is 2.73 bits per heavy atom. The van der Waals surface area contributed by atoms with Crippen LogP contribution in [0.4, 0.5) is 0 Å². The van der Waals surface area contributed by atoms with Crippen molar-refractivity contribution in [3.05, 3.63) is 29.4 Å². The summed E-state index contributed by atoms with van der Waals surface area (Å²) in [6.45, 7) is 6.21. The maximum absolute atomic E-state index is 13.3. The highest BCUT2D eigenvalue weighted by Crippen LogP contribution is 2.37.